The summed E-state index contributed by atoms with van der Waals surface area (Å²) in [5, 5.41) is 2.59. The van der Waals surface area contributed by atoms with E-state index in [-0.39, 0.29) is 11.1 Å². The van der Waals surface area contributed by atoms with Gasteiger partial charge < -0.3 is 18.9 Å². The maximum atomic E-state index is 14.3. The summed E-state index contributed by atoms with van der Waals surface area (Å²) in [6.45, 7) is 4.97. The molecule has 1 aliphatic rings. The predicted molar refractivity (Wildman–Crippen MR) is 180 cm³/mol. The molecule has 0 unspecified atom stereocenters. The first-order chi connectivity index (χ1) is 22.4. The number of hydrogen-bond acceptors (Lipinski definition) is 8. The first-order valence-electron chi connectivity index (χ1n) is 14.8. The molecule has 0 spiro atoms. The molecule has 0 bridgehead atoms. The molecule has 1 atom stereocenters. The van der Waals surface area contributed by atoms with Crippen LogP contribution in [0.2, 0.25) is 5.02 Å². The van der Waals surface area contributed by atoms with Crippen molar-refractivity contribution in [2.75, 3.05) is 20.3 Å². The molecular formula is C36H31ClN2O6S. The lowest BCUT2D eigenvalue weighted by Crippen LogP contribution is -2.39. The number of thiazole rings is 1. The number of rotatable bonds is 10. The molecule has 234 valence electrons. The van der Waals surface area contributed by atoms with Crippen molar-refractivity contribution in [3.8, 4) is 17.2 Å². The van der Waals surface area contributed by atoms with Gasteiger partial charge in [-0.15, -0.1) is 0 Å². The molecule has 0 N–H and O–H groups in total. The number of aromatic nitrogens is 1. The van der Waals surface area contributed by atoms with E-state index in [1.54, 1.807) is 12.1 Å². The summed E-state index contributed by atoms with van der Waals surface area (Å²) in [5.41, 5.74) is 2.31. The largest absolute Gasteiger partial charge is 0.490 e. The summed E-state index contributed by atoms with van der Waals surface area (Å²) < 4.78 is 25.0. The van der Waals surface area contributed by atoms with E-state index in [4.69, 9.17) is 30.5 Å². The van der Waals surface area contributed by atoms with Crippen LogP contribution < -0.4 is 29.1 Å². The van der Waals surface area contributed by atoms with Crippen LogP contribution in [0.5, 0.6) is 17.2 Å². The fraction of sp³-hybridized carbons (Fsp3) is 0.194. The number of benzene rings is 4. The average molecular weight is 655 g/mol. The van der Waals surface area contributed by atoms with Gasteiger partial charge in [0.1, 0.15) is 12.4 Å². The number of ether oxygens (including phenoxy) is 4. The van der Waals surface area contributed by atoms with Crippen LogP contribution in [0.1, 0.15) is 36.6 Å². The maximum absolute atomic E-state index is 14.3. The average Bonchev–Trinajstić information content (AvgIpc) is 3.39. The zero-order chi connectivity index (χ0) is 32.2. The van der Waals surface area contributed by atoms with Gasteiger partial charge in [-0.3, -0.25) is 9.36 Å². The van der Waals surface area contributed by atoms with Gasteiger partial charge in [0.15, 0.2) is 16.3 Å². The van der Waals surface area contributed by atoms with E-state index >= 15 is 0 Å². The SMILES string of the molecule is CCOc1ccc([C@@H]2C(C(=O)OC)=CN=c3s/c(=C/c4c(OCc5ccc(Cl)cc5)ccc5ccccc45)c(=O)n32)cc1OCC. The fourth-order valence-corrected chi connectivity index (χ4v) is 6.49. The van der Waals surface area contributed by atoms with Crippen LogP contribution >= 0.6 is 22.9 Å². The Morgan fingerprint density at radius 3 is 2.43 bits per heavy atom. The molecule has 0 radical (unpaired) electrons. The second kappa shape index (κ2) is 13.6. The molecular weight excluding hydrogens is 624 g/mol. The van der Waals surface area contributed by atoms with E-state index in [9.17, 15) is 9.59 Å². The molecule has 1 aromatic heterocycles. The number of nitrogens with zero attached hydrogens (tertiary/aromatic N) is 2. The number of methoxy groups -OCH3 is 1. The van der Waals surface area contributed by atoms with Crippen LogP contribution in [0.3, 0.4) is 0 Å². The number of hydrogen-bond donors (Lipinski definition) is 0. The van der Waals surface area contributed by atoms with E-state index in [0.29, 0.717) is 57.0 Å². The molecule has 2 heterocycles. The number of esters is 1. The summed E-state index contributed by atoms with van der Waals surface area (Å²) in [5.74, 6) is 1.13. The Morgan fingerprint density at radius 2 is 1.67 bits per heavy atom. The smallest absolute Gasteiger partial charge is 0.337 e. The quantitative estimate of drug-likeness (QED) is 0.167. The fourth-order valence-electron chi connectivity index (χ4n) is 5.41. The van der Waals surface area contributed by atoms with E-state index in [1.807, 2.05) is 86.7 Å². The molecule has 8 nitrogen and oxygen atoms in total. The van der Waals surface area contributed by atoms with Crippen LogP contribution in [0.25, 0.3) is 16.8 Å². The minimum Gasteiger partial charge on any atom is -0.490 e. The zero-order valence-electron chi connectivity index (χ0n) is 25.5. The highest BCUT2D eigenvalue weighted by Gasteiger charge is 2.31. The zero-order valence-corrected chi connectivity index (χ0v) is 27.1. The van der Waals surface area contributed by atoms with Crippen molar-refractivity contribution in [2.45, 2.75) is 26.5 Å². The van der Waals surface area contributed by atoms with Crippen LogP contribution in [0.15, 0.2) is 100 Å². The van der Waals surface area contributed by atoms with E-state index in [1.165, 1.54) is 29.2 Å². The Morgan fingerprint density at radius 1 is 0.935 bits per heavy atom. The standard InChI is InChI=1S/C36H31ClN2O6S/c1-4-43-30-17-13-24(18-31(30)44-5-2)33-28(35(41)42-3)20-38-36-39(33)34(40)32(46-36)19-27-26-9-7-6-8-23(26)12-16-29(27)45-21-22-10-14-25(37)15-11-22/h6-20,33H,4-5,21H2,1-3H3/b32-19+/t33-/m1/s1. The van der Waals surface area contributed by atoms with Crippen LogP contribution in [-0.4, -0.2) is 30.9 Å². The van der Waals surface area contributed by atoms with Crippen LogP contribution in [-0.2, 0) is 16.1 Å². The van der Waals surface area contributed by atoms with E-state index < -0.39 is 12.0 Å². The van der Waals surface area contributed by atoms with Gasteiger partial charge in [0, 0.05) is 16.8 Å². The Hall–Kier alpha value is -4.86. The molecule has 46 heavy (non-hydrogen) atoms. The van der Waals surface area contributed by atoms with Crippen molar-refractivity contribution < 1.29 is 23.7 Å². The third-order valence-electron chi connectivity index (χ3n) is 7.52. The first kappa shape index (κ1) is 31.1. The molecule has 0 saturated heterocycles. The second-order valence-electron chi connectivity index (χ2n) is 10.4. The van der Waals surface area contributed by atoms with Gasteiger partial charge in [0.2, 0.25) is 0 Å². The molecule has 4 aromatic carbocycles. The molecule has 10 heteroatoms. The summed E-state index contributed by atoms with van der Waals surface area (Å²) in [6, 6.07) is 23.9. The first-order valence-corrected chi connectivity index (χ1v) is 16.0. The van der Waals surface area contributed by atoms with Crippen molar-refractivity contribution >= 4 is 45.8 Å². The number of carbonyl (C=O) groups excluding carboxylic acids is 1. The van der Waals surface area contributed by atoms with Crippen molar-refractivity contribution in [1.29, 1.82) is 0 Å². The normalized spacial score (nSPS) is 14.3. The molecule has 6 rings (SSSR count). The van der Waals surface area contributed by atoms with Gasteiger partial charge in [-0.25, -0.2) is 9.79 Å². The van der Waals surface area contributed by atoms with Gasteiger partial charge in [-0.2, -0.15) is 0 Å². The van der Waals surface area contributed by atoms with Gasteiger partial charge in [-0.1, -0.05) is 71.5 Å². The van der Waals surface area contributed by atoms with E-state index in [2.05, 4.69) is 4.99 Å². The van der Waals surface area contributed by atoms with Crippen molar-refractivity contribution in [3.63, 3.8) is 0 Å². The van der Waals surface area contributed by atoms with Gasteiger partial charge in [-0.05, 0) is 72.2 Å². The van der Waals surface area contributed by atoms with E-state index in [0.717, 1.165) is 21.9 Å². The Labute approximate surface area is 274 Å². The molecule has 0 fully saturated rings. The van der Waals surface area contributed by atoms with Crippen molar-refractivity contribution in [3.05, 3.63) is 132 Å². The van der Waals surface area contributed by atoms with Gasteiger partial charge in [0.25, 0.3) is 5.56 Å². The molecule has 0 amide bonds. The van der Waals surface area contributed by atoms with Crippen LogP contribution in [0.4, 0.5) is 0 Å². The third-order valence-corrected chi connectivity index (χ3v) is 8.77. The van der Waals surface area contributed by atoms with Crippen molar-refractivity contribution in [1.82, 2.24) is 4.57 Å². The molecule has 1 aliphatic heterocycles. The third kappa shape index (κ3) is 6.16. The van der Waals surface area contributed by atoms with Crippen LogP contribution in [0, 0.1) is 0 Å². The Balaban J connectivity index is 1.50. The second-order valence-corrected chi connectivity index (χ2v) is 11.8. The highest BCUT2D eigenvalue weighted by Crippen LogP contribution is 2.35. The summed E-state index contributed by atoms with van der Waals surface area (Å²) in [7, 11) is 1.31. The highest BCUT2D eigenvalue weighted by molar-refractivity contribution is 7.07. The Kier molecular flexibility index (Phi) is 9.23. The lowest BCUT2D eigenvalue weighted by molar-refractivity contribution is -0.136. The van der Waals surface area contributed by atoms with Gasteiger partial charge in [0.05, 0.1) is 36.5 Å². The minimum absolute atomic E-state index is 0.227. The lowest BCUT2D eigenvalue weighted by atomic mass is 9.97. The maximum Gasteiger partial charge on any atom is 0.337 e. The Bertz CT molecular complexity index is 2140. The number of halogens is 1. The minimum atomic E-state index is -0.797. The summed E-state index contributed by atoms with van der Waals surface area (Å²) in [6.07, 6.45) is 3.31. The van der Waals surface area contributed by atoms with Crippen molar-refractivity contribution in [2.24, 2.45) is 4.99 Å². The number of carbonyl (C=O) groups is 1. The monoisotopic (exact) mass is 654 g/mol. The summed E-state index contributed by atoms with van der Waals surface area (Å²) >= 11 is 7.31. The van der Waals surface area contributed by atoms with Gasteiger partial charge >= 0.3 is 5.97 Å². The highest BCUT2D eigenvalue weighted by atomic mass is 35.5. The predicted octanol–water partition coefficient (Wildman–Crippen LogP) is 6.20. The number of fused-ring (bicyclic) bond motifs is 2. The topological polar surface area (TPSA) is 88.4 Å². The lowest BCUT2D eigenvalue weighted by Gasteiger charge is -2.23. The molecule has 0 aliphatic carbocycles. The molecule has 5 aromatic rings. The summed E-state index contributed by atoms with van der Waals surface area (Å²) in [4.78, 5) is 32.3. The molecule has 0 saturated carbocycles.